The lowest BCUT2D eigenvalue weighted by Gasteiger charge is -2.09. The first kappa shape index (κ1) is 10.5. The first-order chi connectivity index (χ1) is 6.49. The summed E-state index contributed by atoms with van der Waals surface area (Å²) in [6.45, 7) is 5.57. The molecule has 1 aromatic rings. The van der Waals surface area contributed by atoms with E-state index in [1.54, 1.807) is 13.0 Å². The van der Waals surface area contributed by atoms with Crippen LogP contribution in [-0.2, 0) is 0 Å². The molecule has 0 saturated heterocycles. The van der Waals surface area contributed by atoms with Crippen molar-refractivity contribution >= 4 is 5.69 Å². The summed E-state index contributed by atoms with van der Waals surface area (Å²) in [4.78, 5) is 10.1. The minimum Gasteiger partial charge on any atom is -0.491 e. The topological polar surface area (TPSA) is 52.4 Å². The minimum absolute atomic E-state index is 0.0244. The molecule has 4 nitrogen and oxygen atoms in total. The molecule has 0 amide bonds. The Morgan fingerprint density at radius 2 is 2.00 bits per heavy atom. The van der Waals surface area contributed by atoms with Gasteiger partial charge in [-0.3, -0.25) is 10.1 Å². The van der Waals surface area contributed by atoms with E-state index in [1.165, 1.54) is 12.1 Å². The maximum Gasteiger partial charge on any atom is 0.273 e. The van der Waals surface area contributed by atoms with Gasteiger partial charge in [0.25, 0.3) is 5.69 Å². The molecule has 0 aliphatic rings. The molecule has 0 saturated carbocycles. The third kappa shape index (κ3) is 2.73. The SMILES string of the molecule is Cc1cc(OC(C)C)cc([N+](=O)[O-])c1. The maximum absolute atomic E-state index is 10.5. The largest absolute Gasteiger partial charge is 0.491 e. The minimum atomic E-state index is -0.416. The Bertz CT molecular complexity index is 347. The van der Waals surface area contributed by atoms with E-state index < -0.39 is 4.92 Å². The van der Waals surface area contributed by atoms with Crippen LogP contribution in [0.15, 0.2) is 18.2 Å². The summed E-state index contributed by atoms with van der Waals surface area (Å²) in [5.74, 6) is 0.548. The fourth-order valence-electron chi connectivity index (χ4n) is 1.17. The number of ether oxygens (including phenoxy) is 1. The van der Waals surface area contributed by atoms with Crippen LogP contribution in [0.25, 0.3) is 0 Å². The van der Waals surface area contributed by atoms with Crippen LogP contribution in [0.4, 0.5) is 5.69 Å². The predicted octanol–water partition coefficient (Wildman–Crippen LogP) is 2.69. The lowest BCUT2D eigenvalue weighted by molar-refractivity contribution is -0.385. The highest BCUT2D eigenvalue weighted by molar-refractivity contribution is 5.42. The summed E-state index contributed by atoms with van der Waals surface area (Å²) in [7, 11) is 0. The van der Waals surface area contributed by atoms with E-state index in [0.29, 0.717) is 5.75 Å². The Kier molecular flexibility index (Phi) is 3.06. The molecule has 0 heterocycles. The molecule has 0 atom stereocenters. The van der Waals surface area contributed by atoms with Crippen LogP contribution in [0.5, 0.6) is 5.75 Å². The molecule has 76 valence electrons. The zero-order chi connectivity index (χ0) is 10.7. The van der Waals surface area contributed by atoms with Gasteiger partial charge in [-0.2, -0.15) is 0 Å². The van der Waals surface area contributed by atoms with E-state index in [2.05, 4.69) is 0 Å². The average Bonchev–Trinajstić information content (AvgIpc) is 2.01. The van der Waals surface area contributed by atoms with Gasteiger partial charge >= 0.3 is 0 Å². The van der Waals surface area contributed by atoms with Gasteiger partial charge in [0.05, 0.1) is 17.1 Å². The molecule has 0 aliphatic carbocycles. The fraction of sp³-hybridized carbons (Fsp3) is 0.400. The number of benzene rings is 1. The van der Waals surface area contributed by atoms with Crippen molar-refractivity contribution in [2.75, 3.05) is 0 Å². The van der Waals surface area contributed by atoms with Gasteiger partial charge in [0, 0.05) is 6.07 Å². The van der Waals surface area contributed by atoms with Gasteiger partial charge in [0.15, 0.2) is 0 Å². The molecule has 4 heteroatoms. The molecule has 14 heavy (non-hydrogen) atoms. The van der Waals surface area contributed by atoms with Crippen molar-refractivity contribution in [2.45, 2.75) is 26.9 Å². The third-order valence-electron chi connectivity index (χ3n) is 1.62. The highest BCUT2D eigenvalue weighted by Crippen LogP contribution is 2.22. The van der Waals surface area contributed by atoms with Gasteiger partial charge in [0.1, 0.15) is 5.75 Å². The Morgan fingerprint density at radius 3 is 2.50 bits per heavy atom. The Balaban J connectivity index is 3.01. The zero-order valence-electron chi connectivity index (χ0n) is 8.48. The second-order valence-electron chi connectivity index (χ2n) is 3.43. The van der Waals surface area contributed by atoms with Crippen LogP contribution in [0.1, 0.15) is 19.4 Å². The highest BCUT2D eigenvalue weighted by Gasteiger charge is 2.09. The number of non-ortho nitro benzene ring substituents is 1. The van der Waals surface area contributed by atoms with E-state index in [1.807, 2.05) is 13.8 Å². The molecule has 0 aliphatic heterocycles. The van der Waals surface area contributed by atoms with Gasteiger partial charge in [-0.1, -0.05) is 0 Å². The molecule has 1 rings (SSSR count). The van der Waals surface area contributed by atoms with E-state index in [9.17, 15) is 10.1 Å². The van der Waals surface area contributed by atoms with Crippen LogP contribution < -0.4 is 4.74 Å². The van der Waals surface area contributed by atoms with Crippen LogP contribution in [0.3, 0.4) is 0 Å². The number of rotatable bonds is 3. The first-order valence-electron chi connectivity index (χ1n) is 4.42. The summed E-state index contributed by atoms with van der Waals surface area (Å²) in [5, 5.41) is 10.5. The number of hydrogen-bond donors (Lipinski definition) is 0. The van der Waals surface area contributed by atoms with Crippen LogP contribution in [0, 0.1) is 17.0 Å². The number of aryl methyl sites for hydroxylation is 1. The molecule has 0 aromatic heterocycles. The van der Waals surface area contributed by atoms with Crippen molar-refractivity contribution < 1.29 is 9.66 Å². The number of nitrogens with zero attached hydrogens (tertiary/aromatic N) is 1. The van der Waals surface area contributed by atoms with Gasteiger partial charge in [-0.25, -0.2) is 0 Å². The Morgan fingerprint density at radius 1 is 1.36 bits per heavy atom. The molecule has 1 aromatic carbocycles. The lowest BCUT2D eigenvalue weighted by atomic mass is 10.2. The van der Waals surface area contributed by atoms with E-state index in [0.717, 1.165) is 5.56 Å². The van der Waals surface area contributed by atoms with Gasteiger partial charge in [-0.15, -0.1) is 0 Å². The van der Waals surface area contributed by atoms with Crippen molar-refractivity contribution in [1.82, 2.24) is 0 Å². The highest BCUT2D eigenvalue weighted by atomic mass is 16.6. The Labute approximate surface area is 82.7 Å². The van der Waals surface area contributed by atoms with Gasteiger partial charge in [0.2, 0.25) is 0 Å². The Hall–Kier alpha value is -1.58. The van der Waals surface area contributed by atoms with Gasteiger partial charge < -0.3 is 4.74 Å². The standard InChI is InChI=1S/C10H13NO3/c1-7(2)14-10-5-8(3)4-9(6-10)11(12)13/h4-7H,1-3H3. The molecular formula is C10H13NO3. The van der Waals surface area contributed by atoms with Crippen molar-refractivity contribution in [2.24, 2.45) is 0 Å². The molecule has 0 N–H and O–H groups in total. The van der Waals surface area contributed by atoms with Crippen molar-refractivity contribution in [3.8, 4) is 5.75 Å². The summed E-state index contributed by atoms with van der Waals surface area (Å²) in [5.41, 5.74) is 0.899. The second-order valence-corrected chi connectivity index (χ2v) is 3.43. The normalized spacial score (nSPS) is 10.3. The zero-order valence-corrected chi connectivity index (χ0v) is 8.48. The predicted molar refractivity (Wildman–Crippen MR) is 53.6 cm³/mol. The smallest absolute Gasteiger partial charge is 0.273 e. The van der Waals surface area contributed by atoms with Crippen molar-refractivity contribution in [1.29, 1.82) is 0 Å². The van der Waals surface area contributed by atoms with E-state index >= 15 is 0 Å². The van der Waals surface area contributed by atoms with Crippen LogP contribution >= 0.6 is 0 Å². The van der Waals surface area contributed by atoms with Crippen LogP contribution in [-0.4, -0.2) is 11.0 Å². The third-order valence-corrected chi connectivity index (χ3v) is 1.62. The number of nitro benzene ring substituents is 1. The average molecular weight is 195 g/mol. The molecular weight excluding hydrogens is 182 g/mol. The molecule has 0 unspecified atom stereocenters. The molecule has 0 bridgehead atoms. The quantitative estimate of drug-likeness (QED) is 0.550. The van der Waals surface area contributed by atoms with Crippen molar-refractivity contribution in [3.05, 3.63) is 33.9 Å². The molecule has 0 radical (unpaired) electrons. The summed E-state index contributed by atoms with van der Waals surface area (Å²) in [6.07, 6.45) is 0.0244. The monoisotopic (exact) mass is 195 g/mol. The van der Waals surface area contributed by atoms with Gasteiger partial charge in [-0.05, 0) is 32.4 Å². The van der Waals surface area contributed by atoms with Crippen LogP contribution in [0.2, 0.25) is 0 Å². The first-order valence-corrected chi connectivity index (χ1v) is 4.42. The van der Waals surface area contributed by atoms with E-state index in [4.69, 9.17) is 4.74 Å². The number of nitro groups is 1. The number of hydrogen-bond acceptors (Lipinski definition) is 3. The second kappa shape index (κ2) is 4.09. The molecule has 0 fully saturated rings. The maximum atomic E-state index is 10.5. The fourth-order valence-corrected chi connectivity index (χ4v) is 1.17. The van der Waals surface area contributed by atoms with Crippen molar-refractivity contribution in [3.63, 3.8) is 0 Å². The summed E-state index contributed by atoms with van der Waals surface area (Å²) in [6, 6.07) is 4.74. The molecule has 0 spiro atoms. The summed E-state index contributed by atoms with van der Waals surface area (Å²) >= 11 is 0. The van der Waals surface area contributed by atoms with E-state index in [-0.39, 0.29) is 11.8 Å². The summed E-state index contributed by atoms with van der Waals surface area (Å²) < 4.78 is 5.38. The lowest BCUT2D eigenvalue weighted by Crippen LogP contribution is -2.05.